The second-order valence-corrected chi connectivity index (χ2v) is 6.65. The Balaban J connectivity index is 1.89. The SMILES string of the molecule is CCNC(=NCc1c(C)nn(CCOC)c1C)NCCOc1ccc(C)cc1. The van der Waals surface area contributed by atoms with E-state index in [0.29, 0.717) is 26.3 Å². The fourth-order valence-corrected chi connectivity index (χ4v) is 2.83. The molecule has 2 aromatic rings. The van der Waals surface area contributed by atoms with E-state index in [9.17, 15) is 0 Å². The van der Waals surface area contributed by atoms with Crippen molar-refractivity contribution in [1.82, 2.24) is 20.4 Å². The van der Waals surface area contributed by atoms with E-state index in [2.05, 4.69) is 36.5 Å². The molecule has 0 bridgehead atoms. The zero-order valence-electron chi connectivity index (χ0n) is 17.7. The first-order chi connectivity index (χ1) is 13.5. The smallest absolute Gasteiger partial charge is 0.191 e. The summed E-state index contributed by atoms with van der Waals surface area (Å²) < 4.78 is 12.9. The number of guanidine groups is 1. The lowest BCUT2D eigenvalue weighted by atomic mass is 10.2. The molecule has 7 nitrogen and oxygen atoms in total. The summed E-state index contributed by atoms with van der Waals surface area (Å²) in [5, 5.41) is 11.2. The molecule has 28 heavy (non-hydrogen) atoms. The van der Waals surface area contributed by atoms with Crippen LogP contribution in [0.3, 0.4) is 0 Å². The molecule has 0 saturated heterocycles. The van der Waals surface area contributed by atoms with Crippen LogP contribution in [0.2, 0.25) is 0 Å². The van der Waals surface area contributed by atoms with Gasteiger partial charge < -0.3 is 20.1 Å². The average molecular weight is 388 g/mol. The number of benzene rings is 1. The predicted molar refractivity (Wildman–Crippen MR) is 113 cm³/mol. The minimum atomic E-state index is 0.570. The van der Waals surface area contributed by atoms with Crippen molar-refractivity contribution in [2.45, 2.75) is 40.8 Å². The number of aliphatic imine (C=N–C) groups is 1. The molecular formula is C21H33N5O2. The number of hydrogen-bond acceptors (Lipinski definition) is 4. The van der Waals surface area contributed by atoms with Gasteiger partial charge in [-0.1, -0.05) is 17.7 Å². The minimum Gasteiger partial charge on any atom is -0.492 e. The van der Waals surface area contributed by atoms with Crippen LogP contribution in [0.15, 0.2) is 29.3 Å². The quantitative estimate of drug-likeness (QED) is 0.372. The first kappa shape index (κ1) is 21.8. The first-order valence-electron chi connectivity index (χ1n) is 9.78. The molecule has 0 unspecified atom stereocenters. The van der Waals surface area contributed by atoms with Gasteiger partial charge in [0, 0.05) is 24.9 Å². The van der Waals surface area contributed by atoms with Gasteiger partial charge in [0.15, 0.2) is 5.96 Å². The highest BCUT2D eigenvalue weighted by Gasteiger charge is 2.11. The Morgan fingerprint density at radius 2 is 1.86 bits per heavy atom. The fourth-order valence-electron chi connectivity index (χ4n) is 2.83. The highest BCUT2D eigenvalue weighted by Crippen LogP contribution is 2.14. The monoisotopic (exact) mass is 387 g/mol. The van der Waals surface area contributed by atoms with Crippen LogP contribution in [0.25, 0.3) is 0 Å². The second-order valence-electron chi connectivity index (χ2n) is 6.65. The normalized spacial score (nSPS) is 11.5. The molecule has 7 heteroatoms. The number of hydrogen-bond donors (Lipinski definition) is 2. The van der Waals surface area contributed by atoms with Crippen molar-refractivity contribution in [2.75, 3.05) is 33.4 Å². The van der Waals surface area contributed by atoms with Gasteiger partial charge in [0.2, 0.25) is 0 Å². The Labute approximate surface area is 168 Å². The molecule has 0 amide bonds. The van der Waals surface area contributed by atoms with Crippen LogP contribution >= 0.6 is 0 Å². The van der Waals surface area contributed by atoms with E-state index in [1.54, 1.807) is 7.11 Å². The highest BCUT2D eigenvalue weighted by atomic mass is 16.5. The highest BCUT2D eigenvalue weighted by molar-refractivity contribution is 5.79. The van der Waals surface area contributed by atoms with Crippen LogP contribution < -0.4 is 15.4 Å². The molecule has 0 saturated carbocycles. The van der Waals surface area contributed by atoms with Gasteiger partial charge in [-0.05, 0) is 39.8 Å². The van der Waals surface area contributed by atoms with Gasteiger partial charge in [0.05, 0.1) is 31.9 Å². The van der Waals surface area contributed by atoms with Crippen molar-refractivity contribution in [1.29, 1.82) is 0 Å². The van der Waals surface area contributed by atoms with Gasteiger partial charge >= 0.3 is 0 Å². The molecule has 0 aliphatic carbocycles. The molecule has 1 aromatic carbocycles. The summed E-state index contributed by atoms with van der Waals surface area (Å²) in [5.74, 6) is 1.66. The van der Waals surface area contributed by atoms with Crippen molar-refractivity contribution < 1.29 is 9.47 Å². The molecule has 0 radical (unpaired) electrons. The predicted octanol–water partition coefficient (Wildman–Crippen LogP) is 2.59. The Morgan fingerprint density at radius 1 is 1.11 bits per heavy atom. The van der Waals surface area contributed by atoms with Crippen molar-refractivity contribution in [3.05, 3.63) is 46.8 Å². The number of ether oxygens (including phenoxy) is 2. The lowest BCUT2D eigenvalue weighted by Crippen LogP contribution is -2.39. The van der Waals surface area contributed by atoms with Gasteiger partial charge in [-0.25, -0.2) is 4.99 Å². The average Bonchev–Trinajstić information content (AvgIpc) is 2.96. The molecule has 0 atom stereocenters. The van der Waals surface area contributed by atoms with Crippen LogP contribution in [0.1, 0.15) is 29.4 Å². The minimum absolute atomic E-state index is 0.570. The van der Waals surface area contributed by atoms with Crippen LogP contribution in [-0.2, 0) is 17.8 Å². The van der Waals surface area contributed by atoms with Crippen LogP contribution in [0.4, 0.5) is 0 Å². The summed E-state index contributed by atoms with van der Waals surface area (Å²) in [5.41, 5.74) is 4.53. The maximum atomic E-state index is 5.76. The van der Waals surface area contributed by atoms with E-state index in [4.69, 9.17) is 14.5 Å². The van der Waals surface area contributed by atoms with Gasteiger partial charge in [-0.3, -0.25) is 4.68 Å². The summed E-state index contributed by atoms with van der Waals surface area (Å²) in [6.45, 7) is 12.2. The molecule has 2 N–H and O–H groups in total. The maximum Gasteiger partial charge on any atom is 0.191 e. The molecular weight excluding hydrogens is 354 g/mol. The topological polar surface area (TPSA) is 72.7 Å². The third-order valence-corrected chi connectivity index (χ3v) is 4.46. The number of rotatable bonds is 10. The number of nitrogens with one attached hydrogen (secondary N) is 2. The number of nitrogens with zero attached hydrogens (tertiary/aromatic N) is 3. The summed E-state index contributed by atoms with van der Waals surface area (Å²) in [7, 11) is 1.70. The van der Waals surface area contributed by atoms with E-state index in [1.807, 2.05) is 35.9 Å². The third kappa shape index (κ3) is 6.56. The van der Waals surface area contributed by atoms with Crippen molar-refractivity contribution in [2.24, 2.45) is 4.99 Å². The van der Waals surface area contributed by atoms with E-state index in [1.165, 1.54) is 5.56 Å². The molecule has 0 spiro atoms. The summed E-state index contributed by atoms with van der Waals surface area (Å²) in [6, 6.07) is 8.07. The standard InChI is InChI=1S/C21H33N5O2/c1-6-22-21(23-11-13-28-19-9-7-16(2)8-10-19)24-15-20-17(3)25-26(18(20)4)12-14-27-5/h7-10H,6,11-15H2,1-5H3,(H2,22,23,24). The Hall–Kier alpha value is -2.54. The molecule has 0 fully saturated rings. The summed E-state index contributed by atoms with van der Waals surface area (Å²) >= 11 is 0. The van der Waals surface area contributed by atoms with Gasteiger partial charge in [0.25, 0.3) is 0 Å². The number of aromatic nitrogens is 2. The Kier molecular flexibility index (Phi) is 8.81. The van der Waals surface area contributed by atoms with Crippen molar-refractivity contribution in [3.63, 3.8) is 0 Å². The fraction of sp³-hybridized carbons (Fsp3) is 0.524. The van der Waals surface area contributed by atoms with E-state index >= 15 is 0 Å². The Bertz CT molecular complexity index is 753. The van der Waals surface area contributed by atoms with Gasteiger partial charge in [0.1, 0.15) is 12.4 Å². The molecule has 2 rings (SSSR count). The van der Waals surface area contributed by atoms with E-state index in [-0.39, 0.29) is 0 Å². The second kappa shape index (κ2) is 11.3. The molecule has 1 heterocycles. The zero-order chi connectivity index (χ0) is 20.4. The van der Waals surface area contributed by atoms with Gasteiger partial charge in [-0.15, -0.1) is 0 Å². The Morgan fingerprint density at radius 3 is 2.54 bits per heavy atom. The van der Waals surface area contributed by atoms with Crippen LogP contribution in [0, 0.1) is 20.8 Å². The van der Waals surface area contributed by atoms with E-state index < -0.39 is 0 Å². The maximum absolute atomic E-state index is 5.76. The molecule has 1 aromatic heterocycles. The lowest BCUT2D eigenvalue weighted by Gasteiger charge is -2.12. The van der Waals surface area contributed by atoms with Crippen molar-refractivity contribution in [3.8, 4) is 5.75 Å². The van der Waals surface area contributed by atoms with Gasteiger partial charge in [-0.2, -0.15) is 5.10 Å². The van der Waals surface area contributed by atoms with Crippen LogP contribution in [0.5, 0.6) is 5.75 Å². The van der Waals surface area contributed by atoms with E-state index in [0.717, 1.165) is 41.7 Å². The number of methoxy groups -OCH3 is 1. The zero-order valence-corrected chi connectivity index (χ0v) is 17.7. The summed E-state index contributed by atoms with van der Waals surface area (Å²) in [6.07, 6.45) is 0. The summed E-state index contributed by atoms with van der Waals surface area (Å²) in [4.78, 5) is 4.71. The lowest BCUT2D eigenvalue weighted by molar-refractivity contribution is 0.182. The molecule has 0 aliphatic rings. The first-order valence-corrected chi connectivity index (χ1v) is 9.78. The molecule has 154 valence electrons. The van der Waals surface area contributed by atoms with Crippen LogP contribution in [-0.4, -0.2) is 49.2 Å². The number of aryl methyl sites for hydroxylation is 2. The third-order valence-electron chi connectivity index (χ3n) is 4.46. The van der Waals surface area contributed by atoms with Crippen molar-refractivity contribution >= 4 is 5.96 Å². The largest absolute Gasteiger partial charge is 0.492 e. The molecule has 0 aliphatic heterocycles.